The van der Waals surface area contributed by atoms with Crippen LogP contribution < -0.4 is 0 Å². The minimum Gasteiger partial charge on any atom is -0.288 e. The minimum absolute atomic E-state index is 0.170. The molecular formula is C17H15F2N3O. The van der Waals surface area contributed by atoms with E-state index in [2.05, 4.69) is 10.2 Å². The maximum atomic E-state index is 13.8. The summed E-state index contributed by atoms with van der Waals surface area (Å²) in [6.07, 6.45) is 1.58. The molecule has 0 bridgehead atoms. The molecule has 23 heavy (non-hydrogen) atoms. The van der Waals surface area contributed by atoms with Crippen molar-refractivity contribution < 1.29 is 13.6 Å². The van der Waals surface area contributed by atoms with E-state index in [4.69, 9.17) is 0 Å². The Bertz CT molecular complexity index is 910. The number of benzene rings is 1. The van der Waals surface area contributed by atoms with Crippen LogP contribution in [0.1, 0.15) is 42.5 Å². The molecule has 0 unspecified atom stereocenters. The molecule has 0 aliphatic carbocycles. The van der Waals surface area contributed by atoms with Crippen LogP contribution in [-0.4, -0.2) is 20.4 Å². The molecule has 2 heterocycles. The quantitative estimate of drug-likeness (QED) is 0.680. The molecule has 4 nitrogen and oxygen atoms in total. The molecule has 0 atom stereocenters. The van der Waals surface area contributed by atoms with Crippen molar-refractivity contribution in [3.63, 3.8) is 0 Å². The van der Waals surface area contributed by atoms with E-state index < -0.39 is 17.4 Å². The third kappa shape index (κ3) is 2.72. The zero-order valence-corrected chi connectivity index (χ0v) is 13.0. The number of pyridine rings is 1. The number of rotatable bonds is 2. The molecule has 0 aliphatic heterocycles. The second kappa shape index (κ2) is 5.22. The first-order valence-corrected chi connectivity index (χ1v) is 7.12. The van der Waals surface area contributed by atoms with Crippen LogP contribution in [0.3, 0.4) is 0 Å². The summed E-state index contributed by atoms with van der Waals surface area (Å²) in [6, 6.07) is 6.12. The molecule has 0 saturated heterocycles. The molecule has 2 aromatic heterocycles. The van der Waals surface area contributed by atoms with Crippen LogP contribution in [0.4, 0.5) is 8.78 Å². The van der Waals surface area contributed by atoms with Crippen LogP contribution in [0.25, 0.3) is 5.65 Å². The Morgan fingerprint density at radius 2 is 1.83 bits per heavy atom. The van der Waals surface area contributed by atoms with Gasteiger partial charge >= 0.3 is 0 Å². The second-order valence-corrected chi connectivity index (χ2v) is 6.37. The smallest absolute Gasteiger partial charge is 0.197 e. The Balaban J connectivity index is 2.11. The summed E-state index contributed by atoms with van der Waals surface area (Å²) in [5.41, 5.74) is 0.456. The van der Waals surface area contributed by atoms with Gasteiger partial charge in [0, 0.05) is 23.2 Å². The van der Waals surface area contributed by atoms with Crippen LogP contribution in [-0.2, 0) is 5.41 Å². The number of carbonyl (C=O) groups is 1. The number of carbonyl (C=O) groups excluding carboxylic acids is 1. The number of halogens is 2. The van der Waals surface area contributed by atoms with Crippen molar-refractivity contribution in [3.8, 4) is 0 Å². The van der Waals surface area contributed by atoms with E-state index in [-0.39, 0.29) is 16.5 Å². The second-order valence-electron chi connectivity index (χ2n) is 6.37. The molecule has 0 spiro atoms. The van der Waals surface area contributed by atoms with Gasteiger partial charge in [-0.1, -0.05) is 20.8 Å². The first kappa shape index (κ1) is 15.3. The molecular weight excluding hydrogens is 300 g/mol. The van der Waals surface area contributed by atoms with E-state index in [9.17, 15) is 13.6 Å². The van der Waals surface area contributed by atoms with E-state index in [1.165, 1.54) is 0 Å². The van der Waals surface area contributed by atoms with Gasteiger partial charge in [0.15, 0.2) is 11.4 Å². The molecule has 3 aromatic rings. The third-order valence-electron chi connectivity index (χ3n) is 3.51. The van der Waals surface area contributed by atoms with Gasteiger partial charge in [-0.15, -0.1) is 10.2 Å². The zero-order valence-electron chi connectivity index (χ0n) is 13.0. The molecule has 3 rings (SSSR count). The summed E-state index contributed by atoms with van der Waals surface area (Å²) in [6.45, 7) is 5.95. The summed E-state index contributed by atoms with van der Waals surface area (Å²) < 4.78 is 28.5. The fourth-order valence-electron chi connectivity index (χ4n) is 2.37. The lowest BCUT2D eigenvalue weighted by Crippen LogP contribution is -2.16. The molecule has 118 valence electrons. The van der Waals surface area contributed by atoms with Crippen LogP contribution in [0.5, 0.6) is 0 Å². The lowest BCUT2D eigenvalue weighted by atomic mass is 9.96. The molecule has 0 fully saturated rings. The molecule has 0 N–H and O–H groups in total. The average molecular weight is 315 g/mol. The Labute approximate surface area is 131 Å². The van der Waals surface area contributed by atoms with Gasteiger partial charge in [-0.05, 0) is 24.3 Å². The molecule has 0 saturated carbocycles. The predicted molar refractivity (Wildman–Crippen MR) is 81.5 cm³/mol. The van der Waals surface area contributed by atoms with Gasteiger partial charge < -0.3 is 0 Å². The molecule has 0 aliphatic rings. The van der Waals surface area contributed by atoms with Gasteiger partial charge in [-0.3, -0.25) is 9.20 Å². The lowest BCUT2D eigenvalue weighted by molar-refractivity contribution is 0.103. The van der Waals surface area contributed by atoms with Crippen LogP contribution in [0, 0.1) is 11.6 Å². The third-order valence-corrected chi connectivity index (χ3v) is 3.51. The van der Waals surface area contributed by atoms with Gasteiger partial charge in [-0.2, -0.15) is 0 Å². The number of hydrogen-bond donors (Lipinski definition) is 0. The van der Waals surface area contributed by atoms with E-state index in [1.807, 2.05) is 20.8 Å². The standard InChI is InChI=1S/C17H15F2N3O/c1-17(2,3)16-21-20-14-7-4-10(9-22(14)16)15(23)12-6-5-11(18)8-13(12)19/h4-9H,1-3H3. The van der Waals surface area contributed by atoms with Crippen LogP contribution in [0.2, 0.25) is 0 Å². The minimum atomic E-state index is -0.880. The Hall–Kier alpha value is -2.63. The van der Waals surface area contributed by atoms with Crippen molar-refractivity contribution in [1.29, 1.82) is 0 Å². The van der Waals surface area contributed by atoms with Crippen molar-refractivity contribution in [2.45, 2.75) is 26.2 Å². The van der Waals surface area contributed by atoms with E-state index in [0.29, 0.717) is 17.5 Å². The number of nitrogens with zero attached hydrogens (tertiary/aromatic N) is 3. The SMILES string of the molecule is CC(C)(C)c1nnc2ccc(C(=O)c3ccc(F)cc3F)cn12. The first-order valence-electron chi connectivity index (χ1n) is 7.12. The Kier molecular flexibility index (Phi) is 3.47. The zero-order chi connectivity index (χ0) is 16.8. The number of ketones is 1. The molecule has 6 heteroatoms. The van der Waals surface area contributed by atoms with Crippen molar-refractivity contribution in [3.05, 3.63) is 65.1 Å². The lowest BCUT2D eigenvalue weighted by Gasteiger charge is -2.15. The number of aromatic nitrogens is 3. The molecule has 0 amide bonds. The summed E-state index contributed by atoms with van der Waals surface area (Å²) in [4.78, 5) is 12.5. The highest BCUT2D eigenvalue weighted by atomic mass is 19.1. The van der Waals surface area contributed by atoms with Crippen molar-refractivity contribution in [2.24, 2.45) is 0 Å². The van der Waals surface area contributed by atoms with Gasteiger partial charge in [0.2, 0.25) is 0 Å². The summed E-state index contributed by atoms with van der Waals surface area (Å²) in [5, 5.41) is 8.21. The number of hydrogen-bond acceptors (Lipinski definition) is 3. The fourth-order valence-corrected chi connectivity index (χ4v) is 2.37. The Morgan fingerprint density at radius 1 is 1.09 bits per heavy atom. The van der Waals surface area contributed by atoms with Gasteiger partial charge in [0.05, 0.1) is 5.56 Å². The highest BCUT2D eigenvalue weighted by molar-refractivity contribution is 6.09. The highest BCUT2D eigenvalue weighted by Gasteiger charge is 2.22. The summed E-state index contributed by atoms with van der Waals surface area (Å²) in [7, 11) is 0. The topological polar surface area (TPSA) is 47.3 Å². The fraction of sp³-hybridized carbons (Fsp3) is 0.235. The van der Waals surface area contributed by atoms with Crippen molar-refractivity contribution in [1.82, 2.24) is 14.6 Å². The maximum absolute atomic E-state index is 13.8. The van der Waals surface area contributed by atoms with Gasteiger partial charge in [-0.25, -0.2) is 8.78 Å². The van der Waals surface area contributed by atoms with E-state index in [0.717, 1.165) is 12.1 Å². The Morgan fingerprint density at radius 3 is 2.48 bits per heavy atom. The van der Waals surface area contributed by atoms with E-state index >= 15 is 0 Å². The maximum Gasteiger partial charge on any atom is 0.197 e. The summed E-state index contributed by atoms with van der Waals surface area (Å²) >= 11 is 0. The van der Waals surface area contributed by atoms with Gasteiger partial charge in [0.25, 0.3) is 0 Å². The number of fused-ring (bicyclic) bond motifs is 1. The predicted octanol–water partition coefficient (Wildman–Crippen LogP) is 3.54. The summed E-state index contributed by atoms with van der Waals surface area (Å²) in [5.74, 6) is -1.42. The first-order chi connectivity index (χ1) is 10.8. The van der Waals surface area contributed by atoms with Gasteiger partial charge in [0.1, 0.15) is 17.5 Å². The largest absolute Gasteiger partial charge is 0.288 e. The average Bonchev–Trinajstić information content (AvgIpc) is 2.89. The van der Waals surface area contributed by atoms with Crippen molar-refractivity contribution in [2.75, 3.05) is 0 Å². The van der Waals surface area contributed by atoms with Crippen LogP contribution in [0.15, 0.2) is 36.5 Å². The molecule has 0 radical (unpaired) electrons. The van der Waals surface area contributed by atoms with E-state index in [1.54, 1.807) is 22.7 Å². The normalized spacial score (nSPS) is 11.9. The molecule has 1 aromatic carbocycles. The van der Waals surface area contributed by atoms with Crippen LogP contribution >= 0.6 is 0 Å². The highest BCUT2D eigenvalue weighted by Crippen LogP contribution is 2.22. The van der Waals surface area contributed by atoms with Crippen molar-refractivity contribution >= 4 is 11.4 Å². The monoisotopic (exact) mass is 315 g/mol.